The monoisotopic (exact) mass is 245 g/mol. The standard InChI is InChI=1S/C14H16FN3/c15-12-1-3-13(4-2-12)18-14(7-10-17-18)11-5-8-16-9-6-11/h1-4,7,10-11,16H,5-6,8-9H2. The lowest BCUT2D eigenvalue weighted by atomic mass is 9.94. The molecule has 3 nitrogen and oxygen atoms in total. The second kappa shape index (κ2) is 4.90. The molecule has 0 aliphatic carbocycles. The highest BCUT2D eigenvalue weighted by Gasteiger charge is 2.19. The summed E-state index contributed by atoms with van der Waals surface area (Å²) in [4.78, 5) is 0. The number of rotatable bonds is 2. The fourth-order valence-corrected chi connectivity index (χ4v) is 2.54. The molecule has 1 aromatic carbocycles. The van der Waals surface area contributed by atoms with E-state index in [4.69, 9.17) is 0 Å². The Hall–Kier alpha value is -1.68. The van der Waals surface area contributed by atoms with Gasteiger partial charge in [0.25, 0.3) is 0 Å². The highest BCUT2D eigenvalue weighted by atomic mass is 19.1. The van der Waals surface area contributed by atoms with Gasteiger partial charge in [0, 0.05) is 17.8 Å². The van der Waals surface area contributed by atoms with Gasteiger partial charge in [-0.2, -0.15) is 5.10 Å². The number of hydrogen-bond donors (Lipinski definition) is 1. The Labute approximate surface area is 106 Å². The minimum atomic E-state index is -0.214. The summed E-state index contributed by atoms with van der Waals surface area (Å²) in [6.45, 7) is 2.11. The van der Waals surface area contributed by atoms with Gasteiger partial charge in [-0.05, 0) is 56.3 Å². The van der Waals surface area contributed by atoms with Gasteiger partial charge >= 0.3 is 0 Å². The molecule has 18 heavy (non-hydrogen) atoms. The summed E-state index contributed by atoms with van der Waals surface area (Å²) in [5.41, 5.74) is 2.15. The molecule has 0 spiro atoms. The Kier molecular flexibility index (Phi) is 3.11. The molecule has 2 aromatic rings. The van der Waals surface area contributed by atoms with Crippen molar-refractivity contribution in [3.8, 4) is 5.69 Å². The van der Waals surface area contributed by atoms with Crippen LogP contribution in [-0.2, 0) is 0 Å². The van der Waals surface area contributed by atoms with Crippen molar-refractivity contribution in [3.05, 3.63) is 48.0 Å². The highest BCUT2D eigenvalue weighted by molar-refractivity contribution is 5.33. The van der Waals surface area contributed by atoms with Crippen molar-refractivity contribution in [2.45, 2.75) is 18.8 Å². The van der Waals surface area contributed by atoms with Crippen molar-refractivity contribution in [2.75, 3.05) is 13.1 Å². The van der Waals surface area contributed by atoms with Gasteiger partial charge in [0.1, 0.15) is 5.82 Å². The second-order valence-corrected chi connectivity index (χ2v) is 4.67. The third-order valence-electron chi connectivity index (χ3n) is 3.50. The maximum atomic E-state index is 12.9. The summed E-state index contributed by atoms with van der Waals surface area (Å²) in [6, 6.07) is 8.56. The van der Waals surface area contributed by atoms with E-state index in [2.05, 4.69) is 16.5 Å². The van der Waals surface area contributed by atoms with Crippen LogP contribution < -0.4 is 5.32 Å². The predicted molar refractivity (Wildman–Crippen MR) is 68.4 cm³/mol. The zero-order valence-electron chi connectivity index (χ0n) is 10.1. The number of benzene rings is 1. The molecule has 1 N–H and O–H groups in total. The largest absolute Gasteiger partial charge is 0.317 e. The minimum Gasteiger partial charge on any atom is -0.317 e. The van der Waals surface area contributed by atoms with Gasteiger partial charge in [0.2, 0.25) is 0 Å². The average molecular weight is 245 g/mol. The molecule has 3 rings (SSSR count). The van der Waals surface area contributed by atoms with Gasteiger partial charge in [-0.1, -0.05) is 0 Å². The molecule has 0 radical (unpaired) electrons. The zero-order valence-corrected chi connectivity index (χ0v) is 10.1. The van der Waals surface area contributed by atoms with Crippen LogP contribution in [0.5, 0.6) is 0 Å². The quantitative estimate of drug-likeness (QED) is 0.881. The van der Waals surface area contributed by atoms with E-state index in [0.717, 1.165) is 31.6 Å². The molecule has 0 saturated carbocycles. The summed E-state index contributed by atoms with van der Waals surface area (Å²) < 4.78 is 14.9. The smallest absolute Gasteiger partial charge is 0.123 e. The highest BCUT2D eigenvalue weighted by Crippen LogP contribution is 2.26. The van der Waals surface area contributed by atoms with Crippen molar-refractivity contribution in [2.24, 2.45) is 0 Å². The molecule has 1 aliphatic heterocycles. The molecule has 0 atom stereocenters. The number of nitrogens with one attached hydrogen (secondary N) is 1. The Balaban J connectivity index is 1.93. The van der Waals surface area contributed by atoms with Gasteiger partial charge in [-0.25, -0.2) is 9.07 Å². The van der Waals surface area contributed by atoms with Crippen molar-refractivity contribution in [3.63, 3.8) is 0 Å². The number of piperidine rings is 1. The van der Waals surface area contributed by atoms with Crippen LogP contribution in [0, 0.1) is 5.82 Å². The first-order valence-corrected chi connectivity index (χ1v) is 6.35. The van der Waals surface area contributed by atoms with Crippen LogP contribution in [0.3, 0.4) is 0 Å². The van der Waals surface area contributed by atoms with E-state index in [9.17, 15) is 4.39 Å². The van der Waals surface area contributed by atoms with Crippen molar-refractivity contribution in [1.82, 2.24) is 15.1 Å². The van der Waals surface area contributed by atoms with Crippen LogP contribution in [0.4, 0.5) is 4.39 Å². The summed E-state index contributed by atoms with van der Waals surface area (Å²) >= 11 is 0. The maximum absolute atomic E-state index is 12.9. The Morgan fingerprint density at radius 1 is 1.11 bits per heavy atom. The lowest BCUT2D eigenvalue weighted by Gasteiger charge is -2.23. The topological polar surface area (TPSA) is 29.9 Å². The SMILES string of the molecule is Fc1ccc(-n2nccc2C2CCNCC2)cc1. The maximum Gasteiger partial charge on any atom is 0.123 e. The van der Waals surface area contributed by atoms with Gasteiger partial charge in [-0.3, -0.25) is 0 Å². The number of halogens is 1. The fourth-order valence-electron chi connectivity index (χ4n) is 2.54. The molecule has 0 bridgehead atoms. The van der Waals surface area contributed by atoms with Gasteiger partial charge in [0.05, 0.1) is 5.69 Å². The summed E-state index contributed by atoms with van der Waals surface area (Å²) in [5, 5.41) is 7.73. The summed E-state index contributed by atoms with van der Waals surface area (Å²) in [6.07, 6.45) is 4.08. The van der Waals surface area contributed by atoms with Crippen LogP contribution in [-0.4, -0.2) is 22.9 Å². The molecule has 4 heteroatoms. The molecular formula is C14H16FN3. The minimum absolute atomic E-state index is 0.214. The van der Waals surface area contributed by atoms with Crippen molar-refractivity contribution < 1.29 is 4.39 Å². The first-order chi connectivity index (χ1) is 8.84. The van der Waals surface area contributed by atoms with E-state index in [1.54, 1.807) is 12.1 Å². The summed E-state index contributed by atoms with van der Waals surface area (Å²) in [5.74, 6) is 0.327. The van der Waals surface area contributed by atoms with Crippen molar-refractivity contribution >= 4 is 0 Å². The zero-order chi connectivity index (χ0) is 12.4. The van der Waals surface area contributed by atoms with Crippen LogP contribution in [0.2, 0.25) is 0 Å². The van der Waals surface area contributed by atoms with Crippen molar-refractivity contribution in [1.29, 1.82) is 0 Å². The van der Waals surface area contributed by atoms with E-state index in [1.807, 2.05) is 10.9 Å². The van der Waals surface area contributed by atoms with Gasteiger partial charge in [-0.15, -0.1) is 0 Å². The van der Waals surface area contributed by atoms with Crippen LogP contribution in [0.15, 0.2) is 36.5 Å². The third-order valence-corrected chi connectivity index (χ3v) is 3.50. The Morgan fingerprint density at radius 3 is 2.56 bits per heavy atom. The Bertz CT molecular complexity index is 512. The van der Waals surface area contributed by atoms with E-state index < -0.39 is 0 Å². The lowest BCUT2D eigenvalue weighted by molar-refractivity contribution is 0.446. The van der Waals surface area contributed by atoms with Crippen LogP contribution in [0.1, 0.15) is 24.5 Å². The predicted octanol–water partition coefficient (Wildman–Crippen LogP) is 2.48. The average Bonchev–Trinajstić information content (AvgIpc) is 2.90. The molecule has 1 aromatic heterocycles. The molecule has 0 amide bonds. The first kappa shape index (κ1) is 11.4. The molecule has 1 fully saturated rings. The van der Waals surface area contributed by atoms with E-state index in [1.165, 1.54) is 17.8 Å². The van der Waals surface area contributed by atoms with Gasteiger partial charge < -0.3 is 5.32 Å². The second-order valence-electron chi connectivity index (χ2n) is 4.67. The molecule has 1 aliphatic rings. The van der Waals surface area contributed by atoms with E-state index in [0.29, 0.717) is 5.92 Å². The molecule has 2 heterocycles. The Morgan fingerprint density at radius 2 is 1.83 bits per heavy atom. The molecule has 0 unspecified atom stereocenters. The number of nitrogens with zero attached hydrogens (tertiary/aromatic N) is 2. The molecular weight excluding hydrogens is 229 g/mol. The van der Waals surface area contributed by atoms with E-state index in [-0.39, 0.29) is 5.82 Å². The molecule has 94 valence electrons. The van der Waals surface area contributed by atoms with Crippen LogP contribution >= 0.6 is 0 Å². The normalized spacial score (nSPS) is 16.9. The number of hydrogen-bond acceptors (Lipinski definition) is 2. The van der Waals surface area contributed by atoms with E-state index >= 15 is 0 Å². The van der Waals surface area contributed by atoms with Gasteiger partial charge in [0.15, 0.2) is 0 Å². The lowest BCUT2D eigenvalue weighted by Crippen LogP contribution is -2.27. The van der Waals surface area contributed by atoms with Crippen LogP contribution in [0.25, 0.3) is 5.69 Å². The number of aromatic nitrogens is 2. The molecule has 1 saturated heterocycles. The summed E-state index contributed by atoms with van der Waals surface area (Å²) in [7, 11) is 0. The fraction of sp³-hybridized carbons (Fsp3) is 0.357. The third kappa shape index (κ3) is 2.16. The first-order valence-electron chi connectivity index (χ1n) is 6.35.